The number of carbonyl (C=O) groups excluding carboxylic acids is 2. The van der Waals surface area contributed by atoms with Crippen molar-refractivity contribution in [1.29, 1.82) is 0 Å². The van der Waals surface area contributed by atoms with Crippen LogP contribution >= 0.6 is 0 Å². The van der Waals surface area contributed by atoms with Crippen molar-refractivity contribution < 1.29 is 24.5 Å². The van der Waals surface area contributed by atoms with E-state index in [0.29, 0.717) is 24.2 Å². The van der Waals surface area contributed by atoms with Gasteiger partial charge in [0.1, 0.15) is 5.60 Å². The van der Waals surface area contributed by atoms with Crippen LogP contribution in [0.4, 0.5) is 0 Å². The topological polar surface area (TPSA) is 83.8 Å². The first kappa shape index (κ1) is 20.1. The SMILES string of the molecule is CC(=O)OCC(=O)C1(O)CCC2C3CC=C4CC(O)CCC4(C)C3CCC21C. The van der Waals surface area contributed by atoms with Gasteiger partial charge in [-0.1, -0.05) is 25.5 Å². The number of ketones is 1. The molecule has 0 radical (unpaired) electrons. The minimum Gasteiger partial charge on any atom is -0.458 e. The van der Waals surface area contributed by atoms with Crippen LogP contribution in [0, 0.1) is 28.6 Å². The molecule has 0 aliphatic heterocycles. The van der Waals surface area contributed by atoms with Crippen LogP contribution in [0.1, 0.15) is 72.1 Å². The summed E-state index contributed by atoms with van der Waals surface area (Å²) >= 11 is 0. The Hall–Kier alpha value is -1.20. The Morgan fingerprint density at radius 3 is 2.57 bits per heavy atom. The Labute approximate surface area is 167 Å². The Morgan fingerprint density at radius 1 is 1.14 bits per heavy atom. The summed E-state index contributed by atoms with van der Waals surface area (Å²) in [5.41, 5.74) is -0.283. The van der Waals surface area contributed by atoms with Crippen LogP contribution in [0.2, 0.25) is 0 Å². The van der Waals surface area contributed by atoms with Gasteiger partial charge in [0.2, 0.25) is 5.78 Å². The van der Waals surface area contributed by atoms with Crippen LogP contribution in [0.15, 0.2) is 11.6 Å². The van der Waals surface area contributed by atoms with Gasteiger partial charge in [0.15, 0.2) is 6.61 Å². The first-order chi connectivity index (χ1) is 13.1. The Balaban J connectivity index is 1.60. The molecule has 7 atom stereocenters. The molecular weight excluding hydrogens is 356 g/mol. The van der Waals surface area contributed by atoms with Gasteiger partial charge in [0.05, 0.1) is 6.10 Å². The second-order valence-corrected chi connectivity index (χ2v) is 10.2. The van der Waals surface area contributed by atoms with Crippen molar-refractivity contribution in [3.05, 3.63) is 11.6 Å². The van der Waals surface area contributed by atoms with Gasteiger partial charge >= 0.3 is 5.97 Å². The summed E-state index contributed by atoms with van der Waals surface area (Å²) in [7, 11) is 0. The van der Waals surface area contributed by atoms with E-state index in [1.807, 2.05) is 0 Å². The Bertz CT molecular complexity index is 714. The third kappa shape index (κ3) is 2.72. The molecule has 4 aliphatic rings. The first-order valence-corrected chi connectivity index (χ1v) is 10.9. The number of hydrogen-bond donors (Lipinski definition) is 2. The van der Waals surface area contributed by atoms with Gasteiger partial charge in [-0.15, -0.1) is 0 Å². The summed E-state index contributed by atoms with van der Waals surface area (Å²) < 4.78 is 4.93. The predicted molar refractivity (Wildman–Crippen MR) is 104 cm³/mol. The van der Waals surface area contributed by atoms with Gasteiger partial charge in [-0.25, -0.2) is 0 Å². The molecule has 3 fully saturated rings. The number of esters is 1. The summed E-state index contributed by atoms with van der Waals surface area (Å²) in [6, 6.07) is 0. The van der Waals surface area contributed by atoms with Crippen LogP contribution in [0.5, 0.6) is 0 Å². The molecule has 0 amide bonds. The van der Waals surface area contributed by atoms with Gasteiger partial charge in [-0.3, -0.25) is 9.59 Å². The minimum absolute atomic E-state index is 0.145. The van der Waals surface area contributed by atoms with E-state index in [4.69, 9.17) is 4.74 Å². The molecule has 4 rings (SSSR count). The summed E-state index contributed by atoms with van der Waals surface area (Å²) in [5, 5.41) is 21.6. The maximum Gasteiger partial charge on any atom is 0.303 e. The maximum atomic E-state index is 12.9. The van der Waals surface area contributed by atoms with E-state index in [1.54, 1.807) is 0 Å². The van der Waals surface area contributed by atoms with Gasteiger partial charge in [-0.05, 0) is 74.5 Å². The third-order valence-corrected chi connectivity index (χ3v) is 9.10. The van der Waals surface area contributed by atoms with Gasteiger partial charge < -0.3 is 14.9 Å². The smallest absolute Gasteiger partial charge is 0.303 e. The zero-order chi connectivity index (χ0) is 20.3. The molecule has 5 nitrogen and oxygen atoms in total. The van der Waals surface area contributed by atoms with Gasteiger partial charge in [-0.2, -0.15) is 0 Å². The molecule has 156 valence electrons. The van der Waals surface area contributed by atoms with Crippen molar-refractivity contribution in [3.63, 3.8) is 0 Å². The predicted octanol–water partition coefficient (Wildman–Crippen LogP) is 3.17. The van der Waals surface area contributed by atoms with E-state index in [2.05, 4.69) is 19.9 Å². The monoisotopic (exact) mass is 390 g/mol. The lowest BCUT2D eigenvalue weighted by molar-refractivity contribution is -0.168. The van der Waals surface area contributed by atoms with Gasteiger partial charge in [0, 0.05) is 12.3 Å². The minimum atomic E-state index is -1.40. The van der Waals surface area contributed by atoms with Crippen LogP contribution in [0.3, 0.4) is 0 Å². The quantitative estimate of drug-likeness (QED) is 0.571. The van der Waals surface area contributed by atoms with Crippen molar-refractivity contribution in [2.45, 2.75) is 83.8 Å². The molecule has 3 saturated carbocycles. The molecule has 0 aromatic rings. The maximum absolute atomic E-state index is 12.9. The first-order valence-electron chi connectivity index (χ1n) is 10.9. The molecular formula is C23H34O5. The number of aliphatic hydroxyl groups is 2. The van der Waals surface area contributed by atoms with E-state index < -0.39 is 17.0 Å². The highest BCUT2D eigenvalue weighted by atomic mass is 16.5. The summed E-state index contributed by atoms with van der Waals surface area (Å²) in [6.45, 7) is 5.41. The number of fused-ring (bicyclic) bond motifs is 5. The lowest BCUT2D eigenvalue weighted by atomic mass is 9.46. The van der Waals surface area contributed by atoms with Crippen LogP contribution < -0.4 is 0 Å². The van der Waals surface area contributed by atoms with E-state index in [-0.39, 0.29) is 23.9 Å². The molecule has 0 bridgehead atoms. The molecule has 28 heavy (non-hydrogen) atoms. The average Bonchev–Trinajstić information content (AvgIpc) is 2.92. The second kappa shape index (κ2) is 6.66. The highest BCUT2D eigenvalue weighted by Gasteiger charge is 2.66. The standard InChI is InChI=1S/C23H34O5/c1-14(24)28-13-20(26)23(27)11-8-19-17-5-4-15-12-16(25)6-9-21(15,2)18(17)7-10-22(19,23)3/h4,16-19,25,27H,5-13H2,1-3H3. The second-order valence-electron chi connectivity index (χ2n) is 10.2. The fraction of sp³-hybridized carbons (Fsp3) is 0.826. The number of allylic oxidation sites excluding steroid dienone is 1. The van der Waals surface area contributed by atoms with Crippen molar-refractivity contribution in [1.82, 2.24) is 0 Å². The Morgan fingerprint density at radius 2 is 1.86 bits per heavy atom. The number of hydrogen-bond acceptors (Lipinski definition) is 5. The fourth-order valence-corrected chi connectivity index (χ4v) is 7.40. The molecule has 0 aromatic heterocycles. The molecule has 0 heterocycles. The summed E-state index contributed by atoms with van der Waals surface area (Å²) in [4.78, 5) is 24.0. The molecule has 0 aromatic carbocycles. The van der Waals surface area contributed by atoms with Crippen LogP contribution in [0.25, 0.3) is 0 Å². The van der Waals surface area contributed by atoms with Crippen LogP contribution in [-0.2, 0) is 14.3 Å². The number of rotatable bonds is 3. The van der Waals surface area contributed by atoms with Crippen molar-refractivity contribution in [3.8, 4) is 0 Å². The van der Waals surface area contributed by atoms with E-state index in [0.717, 1.165) is 44.9 Å². The highest BCUT2D eigenvalue weighted by Crippen LogP contribution is 2.67. The molecule has 4 aliphatic carbocycles. The van der Waals surface area contributed by atoms with Gasteiger partial charge in [0.25, 0.3) is 0 Å². The Kier molecular flexibility index (Phi) is 4.78. The zero-order valence-corrected chi connectivity index (χ0v) is 17.4. The zero-order valence-electron chi connectivity index (χ0n) is 17.4. The van der Waals surface area contributed by atoms with Crippen molar-refractivity contribution in [2.75, 3.05) is 6.61 Å². The molecule has 0 saturated heterocycles. The molecule has 5 heteroatoms. The molecule has 0 spiro atoms. The van der Waals surface area contributed by atoms with Crippen molar-refractivity contribution >= 4 is 11.8 Å². The number of carbonyl (C=O) groups is 2. The van der Waals surface area contributed by atoms with E-state index in [9.17, 15) is 19.8 Å². The average molecular weight is 391 g/mol. The molecule has 2 N–H and O–H groups in total. The summed E-state index contributed by atoms with van der Waals surface area (Å²) in [5.74, 6) is 0.504. The number of ether oxygens (including phenoxy) is 1. The lowest BCUT2D eigenvalue weighted by Gasteiger charge is -2.58. The number of Topliss-reactive ketones (excluding diaryl/α,β-unsaturated/α-hetero) is 1. The molecule has 7 unspecified atom stereocenters. The lowest BCUT2D eigenvalue weighted by Crippen LogP contribution is -2.58. The van der Waals surface area contributed by atoms with Crippen molar-refractivity contribution in [2.24, 2.45) is 28.6 Å². The van der Waals surface area contributed by atoms with E-state index in [1.165, 1.54) is 12.5 Å². The third-order valence-electron chi connectivity index (χ3n) is 9.10. The van der Waals surface area contributed by atoms with Crippen LogP contribution in [-0.4, -0.2) is 40.3 Å². The highest BCUT2D eigenvalue weighted by molar-refractivity contribution is 5.90. The number of aliphatic hydroxyl groups excluding tert-OH is 1. The van der Waals surface area contributed by atoms with E-state index >= 15 is 0 Å². The largest absolute Gasteiger partial charge is 0.458 e. The fourth-order valence-electron chi connectivity index (χ4n) is 7.40. The normalized spacial score (nSPS) is 47.4. The summed E-state index contributed by atoms with van der Waals surface area (Å²) in [6.07, 6.45) is 8.96.